The van der Waals surface area contributed by atoms with Crippen LogP contribution in [0.1, 0.15) is 12.0 Å². The fourth-order valence-electron chi connectivity index (χ4n) is 2.58. The summed E-state index contributed by atoms with van der Waals surface area (Å²) >= 11 is 0. The van der Waals surface area contributed by atoms with Crippen molar-refractivity contribution in [1.82, 2.24) is 5.32 Å². The minimum absolute atomic E-state index is 0.0202. The van der Waals surface area contributed by atoms with Gasteiger partial charge in [-0.25, -0.2) is 4.39 Å². The van der Waals surface area contributed by atoms with Gasteiger partial charge in [-0.3, -0.25) is 4.79 Å². The number of amides is 1. The molecule has 120 valence electrons. The predicted molar refractivity (Wildman–Crippen MR) is 86.8 cm³/mol. The molecular weight excluding hydrogens is 295 g/mol. The minimum Gasteiger partial charge on any atom is -0.489 e. The molecule has 1 unspecified atom stereocenters. The molecule has 0 saturated carbocycles. The molecule has 23 heavy (non-hydrogen) atoms. The lowest BCUT2D eigenvalue weighted by molar-refractivity contribution is -0.119. The first-order valence-electron chi connectivity index (χ1n) is 7.69. The number of benzene rings is 2. The van der Waals surface area contributed by atoms with E-state index < -0.39 is 0 Å². The van der Waals surface area contributed by atoms with Gasteiger partial charge >= 0.3 is 0 Å². The molecule has 1 fully saturated rings. The lowest BCUT2D eigenvalue weighted by Crippen LogP contribution is -2.24. The summed E-state index contributed by atoms with van der Waals surface area (Å²) in [7, 11) is 0. The van der Waals surface area contributed by atoms with E-state index in [0.29, 0.717) is 11.4 Å². The number of carbonyl (C=O) groups excluding carboxylic acids is 1. The zero-order valence-electron chi connectivity index (χ0n) is 12.7. The van der Waals surface area contributed by atoms with Gasteiger partial charge in [-0.2, -0.15) is 0 Å². The van der Waals surface area contributed by atoms with E-state index in [1.807, 2.05) is 24.3 Å². The van der Waals surface area contributed by atoms with Gasteiger partial charge in [0.1, 0.15) is 18.2 Å². The molecule has 1 atom stereocenters. The molecule has 0 aromatic heterocycles. The van der Waals surface area contributed by atoms with Crippen molar-refractivity contribution < 1.29 is 13.9 Å². The molecule has 1 amide bonds. The molecule has 1 saturated heterocycles. The normalized spacial score (nSPS) is 17.0. The summed E-state index contributed by atoms with van der Waals surface area (Å²) in [5.41, 5.74) is 1.47. The maximum absolute atomic E-state index is 13.1. The Bertz CT molecular complexity index is 684. The van der Waals surface area contributed by atoms with Crippen LogP contribution < -0.4 is 15.4 Å². The minimum atomic E-state index is -0.280. The van der Waals surface area contributed by atoms with Gasteiger partial charge in [0, 0.05) is 18.3 Å². The zero-order valence-corrected chi connectivity index (χ0v) is 12.7. The summed E-state index contributed by atoms with van der Waals surface area (Å²) in [4.78, 5) is 12.1. The predicted octanol–water partition coefficient (Wildman–Crippen LogP) is 2.95. The summed E-state index contributed by atoms with van der Waals surface area (Å²) in [5.74, 6) is 0.401. The summed E-state index contributed by atoms with van der Waals surface area (Å²) in [5, 5.41) is 6.09. The van der Waals surface area contributed by atoms with Gasteiger partial charge in [0.15, 0.2) is 0 Å². The second kappa shape index (κ2) is 7.24. The van der Waals surface area contributed by atoms with Crippen molar-refractivity contribution in [2.75, 3.05) is 18.4 Å². The van der Waals surface area contributed by atoms with Gasteiger partial charge in [0.2, 0.25) is 5.91 Å². The maximum atomic E-state index is 13.1. The number of hydrogen-bond acceptors (Lipinski definition) is 3. The third kappa shape index (κ3) is 4.29. The Morgan fingerprint density at radius 3 is 2.91 bits per heavy atom. The standard InChI is InChI=1S/C18H19FN2O2/c19-15-4-1-3-13(9-15)12-23-17-6-2-5-16(10-17)21-18(22)14-7-8-20-11-14/h1-6,9-10,14,20H,7-8,11-12H2,(H,21,22). The average molecular weight is 314 g/mol. The maximum Gasteiger partial charge on any atom is 0.228 e. The van der Waals surface area contributed by atoms with E-state index in [4.69, 9.17) is 4.74 Å². The van der Waals surface area contributed by atoms with Gasteiger partial charge in [0.05, 0.1) is 5.92 Å². The Hall–Kier alpha value is -2.40. The molecule has 0 aliphatic carbocycles. The van der Waals surface area contributed by atoms with Crippen LogP contribution in [0.15, 0.2) is 48.5 Å². The highest BCUT2D eigenvalue weighted by Crippen LogP contribution is 2.20. The lowest BCUT2D eigenvalue weighted by atomic mass is 10.1. The number of rotatable bonds is 5. The van der Waals surface area contributed by atoms with Crippen molar-refractivity contribution in [3.8, 4) is 5.75 Å². The summed E-state index contributed by atoms with van der Waals surface area (Å²) in [6, 6.07) is 13.5. The van der Waals surface area contributed by atoms with E-state index in [1.165, 1.54) is 12.1 Å². The Morgan fingerprint density at radius 1 is 1.26 bits per heavy atom. The van der Waals surface area contributed by atoms with Crippen LogP contribution in [-0.2, 0) is 11.4 Å². The van der Waals surface area contributed by atoms with Crippen LogP contribution in [0.2, 0.25) is 0 Å². The van der Waals surface area contributed by atoms with Crippen LogP contribution in [0.3, 0.4) is 0 Å². The average Bonchev–Trinajstić information content (AvgIpc) is 3.08. The Kier molecular flexibility index (Phi) is 4.88. The second-order valence-electron chi connectivity index (χ2n) is 5.63. The van der Waals surface area contributed by atoms with E-state index in [2.05, 4.69) is 10.6 Å². The molecule has 1 aliphatic heterocycles. The Balaban J connectivity index is 1.59. The van der Waals surface area contributed by atoms with E-state index in [1.54, 1.807) is 12.1 Å². The molecule has 2 aromatic rings. The Labute approximate surface area is 134 Å². The fourth-order valence-corrected chi connectivity index (χ4v) is 2.58. The largest absolute Gasteiger partial charge is 0.489 e. The van der Waals surface area contributed by atoms with Crippen molar-refractivity contribution in [3.05, 3.63) is 59.9 Å². The molecular formula is C18H19FN2O2. The van der Waals surface area contributed by atoms with Crippen molar-refractivity contribution >= 4 is 11.6 Å². The van der Waals surface area contributed by atoms with E-state index >= 15 is 0 Å². The van der Waals surface area contributed by atoms with Crippen LogP contribution in [0.5, 0.6) is 5.75 Å². The highest BCUT2D eigenvalue weighted by Gasteiger charge is 2.22. The van der Waals surface area contributed by atoms with Crippen molar-refractivity contribution in [1.29, 1.82) is 0 Å². The first-order valence-corrected chi connectivity index (χ1v) is 7.69. The summed E-state index contributed by atoms with van der Waals surface area (Å²) in [6.07, 6.45) is 0.863. The van der Waals surface area contributed by atoms with Gasteiger partial charge in [-0.1, -0.05) is 18.2 Å². The Morgan fingerprint density at radius 2 is 2.13 bits per heavy atom. The molecule has 0 spiro atoms. The molecule has 2 N–H and O–H groups in total. The number of hydrogen-bond donors (Lipinski definition) is 2. The molecule has 5 heteroatoms. The fraction of sp³-hybridized carbons (Fsp3) is 0.278. The van der Waals surface area contributed by atoms with Crippen LogP contribution in [0.25, 0.3) is 0 Å². The smallest absolute Gasteiger partial charge is 0.228 e. The molecule has 1 heterocycles. The number of anilines is 1. The van der Waals surface area contributed by atoms with Crippen LogP contribution in [0.4, 0.5) is 10.1 Å². The third-order valence-electron chi connectivity index (χ3n) is 3.83. The molecule has 1 aliphatic rings. The van der Waals surface area contributed by atoms with E-state index in [0.717, 1.165) is 25.1 Å². The van der Waals surface area contributed by atoms with Crippen molar-refractivity contribution in [2.24, 2.45) is 5.92 Å². The number of halogens is 1. The zero-order chi connectivity index (χ0) is 16.1. The van der Waals surface area contributed by atoms with Crippen molar-refractivity contribution in [3.63, 3.8) is 0 Å². The van der Waals surface area contributed by atoms with Gasteiger partial charge in [-0.05, 0) is 42.8 Å². The highest BCUT2D eigenvalue weighted by molar-refractivity contribution is 5.93. The molecule has 0 radical (unpaired) electrons. The van der Waals surface area contributed by atoms with Crippen molar-refractivity contribution in [2.45, 2.75) is 13.0 Å². The van der Waals surface area contributed by atoms with Gasteiger partial charge in [-0.15, -0.1) is 0 Å². The first kappa shape index (κ1) is 15.5. The van der Waals surface area contributed by atoms with Gasteiger partial charge in [0.25, 0.3) is 0 Å². The summed E-state index contributed by atoms with van der Waals surface area (Å²) in [6.45, 7) is 1.89. The highest BCUT2D eigenvalue weighted by atomic mass is 19.1. The van der Waals surface area contributed by atoms with Gasteiger partial charge < -0.3 is 15.4 Å². The quantitative estimate of drug-likeness (QED) is 0.892. The monoisotopic (exact) mass is 314 g/mol. The lowest BCUT2D eigenvalue weighted by Gasteiger charge is -2.12. The van der Waals surface area contributed by atoms with E-state index in [-0.39, 0.29) is 24.2 Å². The van der Waals surface area contributed by atoms with Crippen LogP contribution in [-0.4, -0.2) is 19.0 Å². The molecule has 2 aromatic carbocycles. The first-order chi connectivity index (χ1) is 11.2. The van der Waals surface area contributed by atoms with E-state index in [9.17, 15) is 9.18 Å². The topological polar surface area (TPSA) is 50.4 Å². The number of nitrogens with one attached hydrogen (secondary N) is 2. The molecule has 4 nitrogen and oxygen atoms in total. The number of carbonyl (C=O) groups is 1. The number of ether oxygens (including phenoxy) is 1. The molecule has 3 rings (SSSR count). The SMILES string of the molecule is O=C(Nc1cccc(OCc2cccc(F)c2)c1)C1CCNC1. The second-order valence-corrected chi connectivity index (χ2v) is 5.63. The van der Waals surface area contributed by atoms with Crippen LogP contribution >= 0.6 is 0 Å². The third-order valence-corrected chi connectivity index (χ3v) is 3.83. The molecule has 0 bridgehead atoms. The summed E-state index contributed by atoms with van der Waals surface area (Å²) < 4.78 is 18.8. The van der Waals surface area contributed by atoms with Crippen LogP contribution in [0, 0.1) is 11.7 Å².